The number of aromatic nitrogens is 2. The van der Waals surface area contributed by atoms with Crippen molar-refractivity contribution < 1.29 is 9.72 Å². The fraction of sp³-hybridized carbons (Fsp3) is 0.231. The number of benzene rings is 1. The molecule has 0 aliphatic rings. The Hall–Kier alpha value is -2.90. The van der Waals surface area contributed by atoms with Gasteiger partial charge in [0.1, 0.15) is 5.82 Å². The fourth-order valence-electron chi connectivity index (χ4n) is 1.86. The number of carbonyl (C=O) groups excluding carboxylic acids is 1. The van der Waals surface area contributed by atoms with Crippen LogP contribution in [0.25, 0.3) is 0 Å². The molecule has 1 aromatic carbocycles. The predicted octanol–water partition coefficient (Wildman–Crippen LogP) is 2.01. The number of amides is 1. The van der Waals surface area contributed by atoms with Crippen molar-refractivity contribution in [1.82, 2.24) is 9.78 Å². The zero-order valence-corrected chi connectivity index (χ0v) is 11.7. The van der Waals surface area contributed by atoms with Gasteiger partial charge in [-0.05, 0) is 13.0 Å². The van der Waals surface area contributed by atoms with E-state index in [1.807, 2.05) is 6.92 Å². The Morgan fingerprint density at radius 3 is 2.76 bits per heavy atom. The highest BCUT2D eigenvalue weighted by Gasteiger charge is 2.17. The maximum absolute atomic E-state index is 12.3. The molecule has 2 N–H and O–H groups in total. The zero-order chi connectivity index (χ0) is 15.4. The molecule has 0 unspecified atom stereocenters. The van der Waals surface area contributed by atoms with E-state index in [1.54, 1.807) is 19.3 Å². The fourth-order valence-corrected chi connectivity index (χ4v) is 1.86. The van der Waals surface area contributed by atoms with Gasteiger partial charge in [0.05, 0.1) is 16.7 Å². The molecule has 8 heteroatoms. The first-order valence-corrected chi connectivity index (χ1v) is 6.34. The molecule has 0 aliphatic heterocycles. The van der Waals surface area contributed by atoms with Gasteiger partial charge in [-0.1, -0.05) is 0 Å². The molecule has 2 rings (SSSR count). The van der Waals surface area contributed by atoms with E-state index in [-0.39, 0.29) is 11.3 Å². The molecule has 8 nitrogen and oxygen atoms in total. The van der Waals surface area contributed by atoms with E-state index in [1.165, 1.54) is 22.9 Å². The minimum absolute atomic E-state index is 0.133. The molecule has 0 aliphatic carbocycles. The summed E-state index contributed by atoms with van der Waals surface area (Å²) in [6, 6.07) is 5.78. The predicted molar refractivity (Wildman–Crippen MR) is 78.4 cm³/mol. The lowest BCUT2D eigenvalue weighted by atomic mass is 10.1. The number of hydrogen-bond donors (Lipinski definition) is 2. The topological polar surface area (TPSA) is 102 Å². The van der Waals surface area contributed by atoms with Gasteiger partial charge in [0.2, 0.25) is 0 Å². The quantitative estimate of drug-likeness (QED) is 0.647. The van der Waals surface area contributed by atoms with Crippen LogP contribution in [0.1, 0.15) is 17.3 Å². The number of rotatable bonds is 5. The van der Waals surface area contributed by atoms with Crippen molar-refractivity contribution in [2.75, 3.05) is 17.2 Å². The minimum atomic E-state index is -0.531. The average molecular weight is 289 g/mol. The van der Waals surface area contributed by atoms with Crippen LogP contribution in [0.2, 0.25) is 0 Å². The molecule has 1 aromatic heterocycles. The summed E-state index contributed by atoms with van der Waals surface area (Å²) in [5, 5.41) is 20.5. The molecule has 21 heavy (non-hydrogen) atoms. The van der Waals surface area contributed by atoms with E-state index in [0.717, 1.165) is 0 Å². The molecular weight excluding hydrogens is 274 g/mol. The monoisotopic (exact) mass is 289 g/mol. The minimum Gasteiger partial charge on any atom is -0.385 e. The molecule has 0 spiro atoms. The molecule has 0 fully saturated rings. The van der Waals surface area contributed by atoms with E-state index in [2.05, 4.69) is 15.7 Å². The first kappa shape index (κ1) is 14.5. The van der Waals surface area contributed by atoms with E-state index in [0.29, 0.717) is 18.1 Å². The summed E-state index contributed by atoms with van der Waals surface area (Å²) < 4.78 is 1.50. The molecule has 0 saturated heterocycles. The van der Waals surface area contributed by atoms with Crippen molar-refractivity contribution in [3.05, 3.63) is 46.1 Å². The number of nitrogens with zero attached hydrogens (tertiary/aromatic N) is 3. The number of nitro groups is 1. The zero-order valence-electron chi connectivity index (χ0n) is 11.7. The number of nitrogens with one attached hydrogen (secondary N) is 2. The first-order chi connectivity index (χ1) is 10.0. The summed E-state index contributed by atoms with van der Waals surface area (Å²) >= 11 is 0. The van der Waals surface area contributed by atoms with Crippen LogP contribution in [-0.2, 0) is 7.05 Å². The highest BCUT2D eigenvalue weighted by Crippen LogP contribution is 2.23. The summed E-state index contributed by atoms with van der Waals surface area (Å²) in [7, 11) is 1.69. The Morgan fingerprint density at radius 1 is 1.43 bits per heavy atom. The molecular formula is C13H15N5O3. The SMILES string of the molecule is CCNc1ccc([N+](=O)[O-])cc1C(=O)Nc1ccnn1C. The van der Waals surface area contributed by atoms with Gasteiger partial charge >= 0.3 is 0 Å². The van der Waals surface area contributed by atoms with Crippen LogP contribution in [0.5, 0.6) is 0 Å². The van der Waals surface area contributed by atoms with Crippen molar-refractivity contribution >= 4 is 23.1 Å². The van der Waals surface area contributed by atoms with Crippen molar-refractivity contribution in [2.24, 2.45) is 7.05 Å². The molecule has 0 atom stereocenters. The van der Waals surface area contributed by atoms with Gasteiger partial charge in [-0.25, -0.2) is 0 Å². The van der Waals surface area contributed by atoms with Crippen LogP contribution in [0.3, 0.4) is 0 Å². The van der Waals surface area contributed by atoms with Crippen molar-refractivity contribution in [2.45, 2.75) is 6.92 Å². The Bertz CT molecular complexity index is 680. The van der Waals surface area contributed by atoms with Gasteiger partial charge in [-0.3, -0.25) is 19.6 Å². The number of nitro benzene ring substituents is 1. The first-order valence-electron chi connectivity index (χ1n) is 6.34. The average Bonchev–Trinajstić information content (AvgIpc) is 2.84. The smallest absolute Gasteiger partial charge is 0.270 e. The molecule has 0 radical (unpaired) electrons. The van der Waals surface area contributed by atoms with Crippen LogP contribution in [-0.4, -0.2) is 27.2 Å². The van der Waals surface area contributed by atoms with Gasteiger partial charge in [-0.15, -0.1) is 0 Å². The summed E-state index contributed by atoms with van der Waals surface area (Å²) in [6.07, 6.45) is 1.55. The third kappa shape index (κ3) is 3.16. The lowest BCUT2D eigenvalue weighted by molar-refractivity contribution is -0.384. The van der Waals surface area contributed by atoms with Gasteiger partial charge in [0, 0.05) is 37.5 Å². The maximum atomic E-state index is 12.3. The normalized spacial score (nSPS) is 10.2. The van der Waals surface area contributed by atoms with E-state index in [9.17, 15) is 14.9 Å². The summed E-state index contributed by atoms with van der Waals surface area (Å²) in [4.78, 5) is 22.6. The van der Waals surface area contributed by atoms with Crippen molar-refractivity contribution in [1.29, 1.82) is 0 Å². The molecule has 0 bridgehead atoms. The standard InChI is InChI=1S/C13H15N5O3/c1-3-14-11-5-4-9(18(20)21)8-10(11)13(19)16-12-6-7-15-17(12)2/h4-8,14H,3H2,1-2H3,(H,16,19). The van der Waals surface area contributed by atoms with Crippen LogP contribution < -0.4 is 10.6 Å². The van der Waals surface area contributed by atoms with Crippen LogP contribution in [0.15, 0.2) is 30.5 Å². The number of anilines is 2. The molecule has 0 saturated carbocycles. The van der Waals surface area contributed by atoms with Gasteiger partial charge in [-0.2, -0.15) is 5.10 Å². The third-order valence-electron chi connectivity index (χ3n) is 2.89. The number of carbonyl (C=O) groups is 1. The largest absolute Gasteiger partial charge is 0.385 e. The second-order valence-electron chi connectivity index (χ2n) is 4.31. The third-order valence-corrected chi connectivity index (χ3v) is 2.89. The Morgan fingerprint density at radius 2 is 2.19 bits per heavy atom. The summed E-state index contributed by atoms with van der Waals surface area (Å²) in [5.74, 6) is 0.0761. The Kier molecular flexibility index (Phi) is 4.17. The maximum Gasteiger partial charge on any atom is 0.270 e. The van der Waals surface area contributed by atoms with Gasteiger partial charge in [0.25, 0.3) is 11.6 Å². The van der Waals surface area contributed by atoms with Crippen LogP contribution >= 0.6 is 0 Å². The number of aryl methyl sites for hydroxylation is 1. The molecule has 110 valence electrons. The van der Waals surface area contributed by atoms with Gasteiger partial charge in [0.15, 0.2) is 0 Å². The highest BCUT2D eigenvalue weighted by molar-refractivity contribution is 6.08. The van der Waals surface area contributed by atoms with Crippen LogP contribution in [0.4, 0.5) is 17.2 Å². The Labute approximate surface area is 120 Å². The molecule has 1 amide bonds. The molecule has 1 heterocycles. The highest BCUT2D eigenvalue weighted by atomic mass is 16.6. The van der Waals surface area contributed by atoms with E-state index in [4.69, 9.17) is 0 Å². The van der Waals surface area contributed by atoms with Crippen molar-refractivity contribution in [3.63, 3.8) is 0 Å². The lowest BCUT2D eigenvalue weighted by Gasteiger charge is -2.11. The second-order valence-corrected chi connectivity index (χ2v) is 4.31. The number of hydrogen-bond acceptors (Lipinski definition) is 5. The van der Waals surface area contributed by atoms with Crippen LogP contribution in [0, 0.1) is 10.1 Å². The summed E-state index contributed by atoms with van der Waals surface area (Å²) in [5.41, 5.74) is 0.627. The van der Waals surface area contributed by atoms with E-state index < -0.39 is 10.8 Å². The van der Waals surface area contributed by atoms with E-state index >= 15 is 0 Å². The number of non-ortho nitro benzene ring substituents is 1. The second kappa shape index (κ2) is 6.04. The van der Waals surface area contributed by atoms with Crippen molar-refractivity contribution in [3.8, 4) is 0 Å². The molecule has 2 aromatic rings. The van der Waals surface area contributed by atoms with Gasteiger partial charge < -0.3 is 10.6 Å². The lowest BCUT2D eigenvalue weighted by Crippen LogP contribution is -2.17. The Balaban J connectivity index is 2.35. The summed E-state index contributed by atoms with van der Waals surface area (Å²) in [6.45, 7) is 2.48.